The predicted octanol–water partition coefficient (Wildman–Crippen LogP) is 1.28. The van der Waals surface area contributed by atoms with E-state index in [0.717, 1.165) is 6.42 Å². The van der Waals surface area contributed by atoms with Gasteiger partial charge in [0.2, 0.25) is 5.43 Å². The van der Waals surface area contributed by atoms with Crippen molar-refractivity contribution in [2.24, 2.45) is 0 Å². The summed E-state index contributed by atoms with van der Waals surface area (Å²) >= 11 is 0. The molecule has 1 heterocycles. The standard InChI is InChI=1S/C13H19NO5S/c1-3-5-19-11-7-14-9(6-10(11)15)8-20(18)12(4-2)13(16)17/h6-7,12H,3-5,8H2,1-2H3,(H,14,15)(H,16,17). The van der Waals surface area contributed by atoms with Crippen LogP contribution in [-0.4, -0.2) is 32.1 Å². The van der Waals surface area contributed by atoms with Crippen molar-refractivity contribution in [2.75, 3.05) is 6.61 Å². The van der Waals surface area contributed by atoms with Crippen LogP contribution < -0.4 is 10.2 Å². The van der Waals surface area contributed by atoms with Crippen molar-refractivity contribution < 1.29 is 18.8 Å². The molecule has 7 heteroatoms. The second kappa shape index (κ2) is 7.84. The zero-order valence-corrected chi connectivity index (χ0v) is 12.4. The first-order chi connectivity index (χ1) is 9.49. The predicted molar refractivity (Wildman–Crippen MR) is 76.4 cm³/mol. The van der Waals surface area contributed by atoms with Crippen LogP contribution >= 0.6 is 0 Å². The first-order valence-electron chi connectivity index (χ1n) is 6.44. The average molecular weight is 301 g/mol. The first kappa shape index (κ1) is 16.4. The fourth-order valence-electron chi connectivity index (χ4n) is 1.64. The van der Waals surface area contributed by atoms with E-state index in [-0.39, 0.29) is 23.4 Å². The van der Waals surface area contributed by atoms with Crippen LogP contribution in [0.25, 0.3) is 0 Å². The van der Waals surface area contributed by atoms with Crippen molar-refractivity contribution >= 4 is 16.8 Å². The fourth-order valence-corrected chi connectivity index (χ4v) is 2.91. The molecule has 0 spiro atoms. The van der Waals surface area contributed by atoms with Gasteiger partial charge in [-0.2, -0.15) is 0 Å². The summed E-state index contributed by atoms with van der Waals surface area (Å²) in [6, 6.07) is 1.30. The van der Waals surface area contributed by atoms with E-state index in [0.29, 0.717) is 12.3 Å². The fraction of sp³-hybridized carbons (Fsp3) is 0.538. The Bertz CT molecular complexity index is 540. The van der Waals surface area contributed by atoms with E-state index in [1.54, 1.807) is 6.92 Å². The number of carboxylic acid groups (broad SMARTS) is 1. The van der Waals surface area contributed by atoms with Gasteiger partial charge in [-0.1, -0.05) is 13.8 Å². The summed E-state index contributed by atoms with van der Waals surface area (Å²) in [5, 5.41) is 8.01. The highest BCUT2D eigenvalue weighted by atomic mass is 32.2. The molecule has 1 aromatic rings. The minimum atomic E-state index is -1.57. The highest BCUT2D eigenvalue weighted by Crippen LogP contribution is 2.09. The second-order valence-corrected chi connectivity index (χ2v) is 5.91. The van der Waals surface area contributed by atoms with Crippen LogP contribution in [0.4, 0.5) is 0 Å². The van der Waals surface area contributed by atoms with Crippen LogP contribution in [0.5, 0.6) is 5.75 Å². The molecule has 2 atom stereocenters. The van der Waals surface area contributed by atoms with Gasteiger partial charge in [0, 0.05) is 28.8 Å². The Kier molecular flexibility index (Phi) is 6.44. The van der Waals surface area contributed by atoms with Crippen molar-refractivity contribution in [3.05, 3.63) is 28.2 Å². The van der Waals surface area contributed by atoms with Crippen LogP contribution in [0.1, 0.15) is 32.4 Å². The van der Waals surface area contributed by atoms with Gasteiger partial charge in [-0.15, -0.1) is 0 Å². The number of aliphatic carboxylic acids is 1. The largest absolute Gasteiger partial charge is 0.488 e. The Hall–Kier alpha value is -1.63. The summed E-state index contributed by atoms with van der Waals surface area (Å²) in [5.74, 6) is -0.864. The van der Waals surface area contributed by atoms with Gasteiger partial charge in [0.15, 0.2) is 5.75 Å². The lowest BCUT2D eigenvalue weighted by atomic mass is 10.3. The molecule has 20 heavy (non-hydrogen) atoms. The molecule has 0 amide bonds. The van der Waals surface area contributed by atoms with Crippen molar-refractivity contribution in [2.45, 2.75) is 37.7 Å². The zero-order valence-electron chi connectivity index (χ0n) is 11.5. The second-order valence-electron chi connectivity index (χ2n) is 4.30. The molecular weight excluding hydrogens is 282 g/mol. The Morgan fingerprint density at radius 3 is 2.70 bits per heavy atom. The number of carbonyl (C=O) groups is 1. The number of carboxylic acids is 1. The van der Waals surface area contributed by atoms with E-state index >= 15 is 0 Å². The number of H-pyrrole nitrogens is 1. The van der Waals surface area contributed by atoms with Crippen LogP contribution in [0.15, 0.2) is 17.1 Å². The van der Waals surface area contributed by atoms with Crippen molar-refractivity contribution in [1.29, 1.82) is 0 Å². The van der Waals surface area contributed by atoms with Crippen LogP contribution in [0.2, 0.25) is 0 Å². The van der Waals surface area contributed by atoms with E-state index in [2.05, 4.69) is 4.98 Å². The van der Waals surface area contributed by atoms with E-state index < -0.39 is 22.0 Å². The number of rotatable bonds is 8. The molecule has 0 fully saturated rings. The van der Waals surface area contributed by atoms with E-state index in [4.69, 9.17) is 9.84 Å². The van der Waals surface area contributed by atoms with Crippen LogP contribution in [0, 0.1) is 0 Å². The molecule has 2 N–H and O–H groups in total. The summed E-state index contributed by atoms with van der Waals surface area (Å²) in [6.45, 7) is 4.05. The SMILES string of the molecule is CCCOc1c[nH]c(CS(=O)C(CC)C(=O)O)cc1=O. The van der Waals surface area contributed by atoms with E-state index in [1.165, 1.54) is 12.3 Å². The maximum absolute atomic E-state index is 11.9. The maximum Gasteiger partial charge on any atom is 0.319 e. The lowest BCUT2D eigenvalue weighted by Crippen LogP contribution is -2.26. The Balaban J connectivity index is 2.79. The first-order valence-corrected chi connectivity index (χ1v) is 7.82. The molecule has 1 rings (SSSR count). The van der Waals surface area contributed by atoms with Gasteiger partial charge in [-0.25, -0.2) is 0 Å². The van der Waals surface area contributed by atoms with Gasteiger partial charge in [0.1, 0.15) is 5.25 Å². The van der Waals surface area contributed by atoms with E-state index in [9.17, 15) is 13.8 Å². The molecule has 1 aromatic heterocycles. The molecule has 0 aliphatic carbocycles. The van der Waals surface area contributed by atoms with Gasteiger partial charge in [-0.05, 0) is 12.8 Å². The number of aromatic amines is 1. The quantitative estimate of drug-likeness (QED) is 0.754. The van der Waals surface area contributed by atoms with Crippen LogP contribution in [-0.2, 0) is 21.3 Å². The average Bonchev–Trinajstić information content (AvgIpc) is 2.38. The highest BCUT2D eigenvalue weighted by Gasteiger charge is 2.22. The smallest absolute Gasteiger partial charge is 0.319 e. The Morgan fingerprint density at radius 2 is 2.20 bits per heavy atom. The van der Waals surface area contributed by atoms with Crippen molar-refractivity contribution in [3.63, 3.8) is 0 Å². The Morgan fingerprint density at radius 1 is 1.50 bits per heavy atom. The molecule has 2 unspecified atom stereocenters. The van der Waals surface area contributed by atoms with Gasteiger partial charge < -0.3 is 14.8 Å². The number of hydrogen-bond donors (Lipinski definition) is 2. The number of aromatic nitrogens is 1. The minimum absolute atomic E-state index is 0.00804. The number of pyridine rings is 1. The molecule has 0 bridgehead atoms. The monoisotopic (exact) mass is 301 g/mol. The molecule has 0 aromatic carbocycles. The summed E-state index contributed by atoms with van der Waals surface area (Å²) in [7, 11) is -1.57. The maximum atomic E-state index is 11.9. The third kappa shape index (κ3) is 4.48. The van der Waals surface area contributed by atoms with Gasteiger partial charge >= 0.3 is 5.97 Å². The molecule has 0 saturated carbocycles. The highest BCUT2D eigenvalue weighted by molar-refractivity contribution is 7.85. The van der Waals surface area contributed by atoms with Crippen molar-refractivity contribution in [3.8, 4) is 5.75 Å². The van der Waals surface area contributed by atoms with Gasteiger partial charge in [0.05, 0.1) is 12.4 Å². The third-order valence-corrected chi connectivity index (χ3v) is 4.43. The third-order valence-electron chi connectivity index (χ3n) is 2.66. The summed E-state index contributed by atoms with van der Waals surface area (Å²) in [5.41, 5.74) is 0.143. The summed E-state index contributed by atoms with van der Waals surface area (Å²) in [4.78, 5) is 25.5. The molecule has 6 nitrogen and oxygen atoms in total. The topological polar surface area (TPSA) is 96.5 Å². The molecular formula is C13H19NO5S. The zero-order chi connectivity index (χ0) is 15.1. The molecule has 0 aliphatic heterocycles. The summed E-state index contributed by atoms with van der Waals surface area (Å²) in [6.07, 6.45) is 2.50. The lowest BCUT2D eigenvalue weighted by Gasteiger charge is -2.10. The van der Waals surface area contributed by atoms with Crippen LogP contribution in [0.3, 0.4) is 0 Å². The molecule has 0 saturated heterocycles. The lowest BCUT2D eigenvalue weighted by molar-refractivity contribution is -0.136. The Labute approximate surface area is 119 Å². The summed E-state index contributed by atoms with van der Waals surface area (Å²) < 4.78 is 17.2. The molecule has 0 radical (unpaired) electrons. The van der Waals surface area contributed by atoms with E-state index in [1.807, 2.05) is 6.92 Å². The normalized spacial score (nSPS) is 13.7. The van der Waals surface area contributed by atoms with Gasteiger partial charge in [0.25, 0.3) is 0 Å². The minimum Gasteiger partial charge on any atom is -0.488 e. The number of hydrogen-bond acceptors (Lipinski definition) is 4. The van der Waals surface area contributed by atoms with Crippen molar-refractivity contribution in [1.82, 2.24) is 4.98 Å². The number of ether oxygens (including phenoxy) is 1. The molecule has 112 valence electrons. The number of nitrogens with one attached hydrogen (secondary N) is 1. The molecule has 0 aliphatic rings. The van der Waals surface area contributed by atoms with Gasteiger partial charge in [-0.3, -0.25) is 13.8 Å².